The molecule has 0 aromatic rings. The fourth-order valence-corrected chi connectivity index (χ4v) is 2.37. The van der Waals surface area contributed by atoms with Crippen LogP contribution in [0.3, 0.4) is 0 Å². The van der Waals surface area contributed by atoms with Crippen LogP contribution < -0.4 is 4.72 Å². The van der Waals surface area contributed by atoms with E-state index in [0.29, 0.717) is 0 Å². The van der Waals surface area contributed by atoms with E-state index in [9.17, 15) is 18.0 Å². The summed E-state index contributed by atoms with van der Waals surface area (Å²) in [5.74, 6) is 0.0302. The first-order valence-corrected chi connectivity index (χ1v) is 6.36. The Bertz CT molecular complexity index is 368. The Morgan fingerprint density at radius 2 is 2.00 bits per heavy atom. The number of carbonyl (C=O) groups excluding carboxylic acids is 2. The van der Waals surface area contributed by atoms with Crippen molar-refractivity contribution in [1.82, 2.24) is 9.03 Å². The number of nitrogens with zero attached hydrogens (tertiary/aromatic N) is 1. The second-order valence-electron chi connectivity index (χ2n) is 3.27. The van der Waals surface area contributed by atoms with Crippen LogP contribution in [0.25, 0.3) is 0 Å². The second-order valence-corrected chi connectivity index (χ2v) is 4.94. The molecule has 1 rings (SSSR count). The third-order valence-corrected chi connectivity index (χ3v) is 3.58. The number of Topliss-reactive ketones (excluding diaryl/α,β-unsaturated/α-hetero) is 1. The Balaban J connectivity index is 2.57. The maximum absolute atomic E-state index is 11.6. The third-order valence-electron chi connectivity index (χ3n) is 2.11. The van der Waals surface area contributed by atoms with Gasteiger partial charge in [0.2, 0.25) is 0 Å². The molecule has 0 atom stereocenters. The van der Waals surface area contributed by atoms with Crippen LogP contribution >= 0.6 is 0 Å². The van der Waals surface area contributed by atoms with Crippen molar-refractivity contribution in [2.45, 2.75) is 19.8 Å². The largest absolute Gasteiger partial charge is 0.449 e. The van der Waals surface area contributed by atoms with Gasteiger partial charge in [0.15, 0.2) is 0 Å². The summed E-state index contributed by atoms with van der Waals surface area (Å²) < 4.78 is 30.5. The lowest BCUT2D eigenvalue weighted by Gasteiger charge is -2.24. The van der Waals surface area contributed by atoms with Gasteiger partial charge < -0.3 is 4.74 Å². The summed E-state index contributed by atoms with van der Waals surface area (Å²) in [5.41, 5.74) is 0. The molecule has 1 fully saturated rings. The van der Waals surface area contributed by atoms with Crippen LogP contribution in [0, 0.1) is 0 Å². The quantitative estimate of drug-likeness (QED) is 0.738. The van der Waals surface area contributed by atoms with E-state index in [-0.39, 0.29) is 38.3 Å². The molecule has 1 amide bonds. The van der Waals surface area contributed by atoms with Crippen molar-refractivity contribution in [3.8, 4) is 0 Å². The molecular weight excluding hydrogens is 236 g/mol. The molecular formula is C8H14N2O5S. The van der Waals surface area contributed by atoms with Crippen LogP contribution in [0.5, 0.6) is 0 Å². The number of piperidine rings is 1. The Hall–Kier alpha value is -1.15. The SMILES string of the molecule is CCOC(=O)NS(=O)(=O)N1CCC(=O)CC1. The van der Waals surface area contributed by atoms with Gasteiger partial charge in [-0.1, -0.05) is 0 Å². The predicted octanol–water partition coefficient (Wildman–Crippen LogP) is -0.358. The number of amides is 1. The normalized spacial score (nSPS) is 18.2. The van der Waals surface area contributed by atoms with Gasteiger partial charge in [-0.3, -0.25) is 4.79 Å². The smallest absolute Gasteiger partial charge is 0.421 e. The molecule has 0 spiro atoms. The number of ketones is 1. The fourth-order valence-electron chi connectivity index (χ4n) is 1.31. The topological polar surface area (TPSA) is 92.8 Å². The predicted molar refractivity (Wildman–Crippen MR) is 54.9 cm³/mol. The number of rotatable bonds is 3. The standard InChI is InChI=1S/C8H14N2O5S/c1-2-15-8(12)9-16(13,14)10-5-3-7(11)4-6-10/h2-6H2,1H3,(H,9,12). The highest BCUT2D eigenvalue weighted by Gasteiger charge is 2.28. The highest BCUT2D eigenvalue weighted by atomic mass is 32.2. The van der Waals surface area contributed by atoms with E-state index in [2.05, 4.69) is 4.74 Å². The first kappa shape index (κ1) is 12.9. The number of carbonyl (C=O) groups is 2. The molecule has 0 aromatic carbocycles. The monoisotopic (exact) mass is 250 g/mol. The van der Waals surface area contributed by atoms with Crippen LogP contribution in [0.15, 0.2) is 0 Å². The molecule has 0 radical (unpaired) electrons. The second kappa shape index (κ2) is 5.26. The van der Waals surface area contributed by atoms with Gasteiger partial charge in [-0.05, 0) is 6.92 Å². The Morgan fingerprint density at radius 1 is 1.44 bits per heavy atom. The van der Waals surface area contributed by atoms with Gasteiger partial charge in [-0.15, -0.1) is 0 Å². The van der Waals surface area contributed by atoms with Crippen LogP contribution in [0.1, 0.15) is 19.8 Å². The lowest BCUT2D eigenvalue weighted by Crippen LogP contribution is -2.47. The van der Waals surface area contributed by atoms with Gasteiger partial charge in [-0.2, -0.15) is 12.7 Å². The zero-order chi connectivity index (χ0) is 12.2. The van der Waals surface area contributed by atoms with Gasteiger partial charge in [-0.25, -0.2) is 9.52 Å². The van der Waals surface area contributed by atoms with Crippen LogP contribution in [-0.4, -0.2) is 44.3 Å². The molecule has 1 aliphatic heterocycles. The molecule has 7 nitrogen and oxygen atoms in total. The van der Waals surface area contributed by atoms with Crippen LogP contribution in [0.2, 0.25) is 0 Å². The van der Waals surface area contributed by atoms with Gasteiger partial charge in [0.25, 0.3) is 0 Å². The first-order chi connectivity index (χ1) is 7.45. The van der Waals surface area contributed by atoms with E-state index >= 15 is 0 Å². The van der Waals surface area contributed by atoms with Crippen molar-refractivity contribution in [2.75, 3.05) is 19.7 Å². The summed E-state index contributed by atoms with van der Waals surface area (Å²) in [7, 11) is -3.87. The molecule has 1 aliphatic rings. The van der Waals surface area contributed by atoms with Crippen molar-refractivity contribution in [2.24, 2.45) is 0 Å². The van der Waals surface area contributed by atoms with Gasteiger partial charge in [0.1, 0.15) is 5.78 Å². The number of ether oxygens (including phenoxy) is 1. The van der Waals surface area contributed by atoms with Crippen LogP contribution in [0.4, 0.5) is 4.79 Å². The Labute approximate surface area is 93.9 Å². The Kier molecular flexibility index (Phi) is 4.25. The molecule has 0 bridgehead atoms. The maximum atomic E-state index is 11.6. The minimum Gasteiger partial charge on any atom is -0.449 e. The molecule has 0 saturated carbocycles. The first-order valence-electron chi connectivity index (χ1n) is 4.92. The molecule has 1 N–H and O–H groups in total. The van der Waals surface area contributed by atoms with Crippen molar-refractivity contribution < 1.29 is 22.7 Å². The Morgan fingerprint density at radius 3 is 2.50 bits per heavy atom. The lowest BCUT2D eigenvalue weighted by atomic mass is 10.1. The average Bonchev–Trinajstić information content (AvgIpc) is 2.17. The van der Waals surface area contributed by atoms with E-state index in [1.807, 2.05) is 0 Å². The summed E-state index contributed by atoms with van der Waals surface area (Å²) in [4.78, 5) is 21.9. The molecule has 0 unspecified atom stereocenters. The summed E-state index contributed by atoms with van der Waals surface area (Å²) in [6, 6.07) is 0. The fraction of sp³-hybridized carbons (Fsp3) is 0.750. The number of hydrogen-bond donors (Lipinski definition) is 1. The zero-order valence-electron chi connectivity index (χ0n) is 8.93. The molecule has 1 saturated heterocycles. The molecule has 16 heavy (non-hydrogen) atoms. The minimum atomic E-state index is -3.87. The minimum absolute atomic E-state index is 0.0302. The average molecular weight is 250 g/mol. The van der Waals surface area contributed by atoms with Gasteiger partial charge in [0.05, 0.1) is 6.61 Å². The van der Waals surface area contributed by atoms with Crippen molar-refractivity contribution in [1.29, 1.82) is 0 Å². The van der Waals surface area contributed by atoms with Gasteiger partial charge >= 0.3 is 16.3 Å². The van der Waals surface area contributed by atoms with E-state index in [1.54, 1.807) is 11.6 Å². The molecule has 0 aliphatic carbocycles. The number of nitrogens with one attached hydrogen (secondary N) is 1. The lowest BCUT2D eigenvalue weighted by molar-refractivity contribution is -0.120. The van der Waals surface area contributed by atoms with Crippen molar-refractivity contribution in [3.05, 3.63) is 0 Å². The molecule has 8 heteroatoms. The van der Waals surface area contributed by atoms with E-state index in [0.717, 1.165) is 4.31 Å². The third kappa shape index (κ3) is 3.46. The molecule has 0 aromatic heterocycles. The summed E-state index contributed by atoms with van der Waals surface area (Å²) in [5, 5.41) is 0. The summed E-state index contributed by atoms with van der Waals surface area (Å²) >= 11 is 0. The van der Waals surface area contributed by atoms with Crippen molar-refractivity contribution >= 4 is 22.1 Å². The van der Waals surface area contributed by atoms with E-state index in [4.69, 9.17) is 0 Å². The summed E-state index contributed by atoms with van der Waals surface area (Å²) in [6.07, 6.45) is -0.632. The molecule has 92 valence electrons. The highest BCUT2D eigenvalue weighted by molar-refractivity contribution is 7.87. The maximum Gasteiger partial charge on any atom is 0.421 e. The van der Waals surface area contributed by atoms with Crippen LogP contribution in [-0.2, 0) is 19.7 Å². The van der Waals surface area contributed by atoms with E-state index in [1.165, 1.54) is 0 Å². The van der Waals surface area contributed by atoms with E-state index < -0.39 is 16.3 Å². The number of hydrogen-bond acceptors (Lipinski definition) is 5. The zero-order valence-corrected chi connectivity index (χ0v) is 9.75. The van der Waals surface area contributed by atoms with Gasteiger partial charge in [0, 0.05) is 25.9 Å². The molecule has 1 heterocycles. The van der Waals surface area contributed by atoms with Crippen molar-refractivity contribution in [3.63, 3.8) is 0 Å². The highest BCUT2D eigenvalue weighted by Crippen LogP contribution is 2.09. The summed E-state index contributed by atoms with van der Waals surface area (Å²) in [6.45, 7) is 1.88.